The Hall–Kier alpha value is -1.22. The molecule has 86 valence electrons. The Labute approximate surface area is 95.6 Å². The van der Waals surface area contributed by atoms with Gasteiger partial charge >= 0.3 is 0 Å². The first-order valence-corrected chi connectivity index (χ1v) is 5.78. The highest BCUT2D eigenvalue weighted by molar-refractivity contribution is 5.49. The summed E-state index contributed by atoms with van der Waals surface area (Å²) in [5.74, 6) is 1.28. The van der Waals surface area contributed by atoms with E-state index in [1.54, 1.807) is 6.07 Å². The number of piperidine rings is 1. The first kappa shape index (κ1) is 9.97. The van der Waals surface area contributed by atoms with Gasteiger partial charge in [0.15, 0.2) is 0 Å². The number of benzene rings is 1. The average molecular weight is 219 g/mol. The van der Waals surface area contributed by atoms with Crippen LogP contribution in [0.4, 0.5) is 0 Å². The molecule has 2 heterocycles. The molecular formula is C13H17NO2. The molecule has 1 aromatic carbocycles. The molecular weight excluding hydrogens is 202 g/mol. The maximum Gasteiger partial charge on any atom is 0.124 e. The van der Waals surface area contributed by atoms with Crippen molar-refractivity contribution in [2.24, 2.45) is 0 Å². The minimum Gasteiger partial charge on any atom is -0.508 e. The number of rotatable bonds is 0. The van der Waals surface area contributed by atoms with Crippen molar-refractivity contribution in [2.75, 3.05) is 20.1 Å². The van der Waals surface area contributed by atoms with Crippen LogP contribution in [0.25, 0.3) is 0 Å². The zero-order valence-corrected chi connectivity index (χ0v) is 9.73. The summed E-state index contributed by atoms with van der Waals surface area (Å²) in [5.41, 5.74) is 1.24. The molecule has 0 radical (unpaired) electrons. The lowest BCUT2D eigenvalue weighted by molar-refractivity contribution is 0.0640. The van der Waals surface area contributed by atoms with E-state index in [1.165, 1.54) is 5.56 Å². The van der Waals surface area contributed by atoms with E-state index in [-0.39, 0.29) is 11.5 Å². The van der Waals surface area contributed by atoms with Crippen LogP contribution in [0.15, 0.2) is 18.2 Å². The minimum absolute atomic E-state index is 0.0700. The van der Waals surface area contributed by atoms with Gasteiger partial charge in [-0.25, -0.2) is 0 Å². The van der Waals surface area contributed by atoms with Crippen molar-refractivity contribution in [2.45, 2.75) is 24.9 Å². The number of likely N-dealkylation sites (tertiary alicyclic amines) is 1. The molecule has 2 aliphatic heterocycles. The topological polar surface area (TPSA) is 32.7 Å². The molecule has 3 nitrogen and oxygen atoms in total. The second kappa shape index (κ2) is 3.14. The van der Waals surface area contributed by atoms with Crippen LogP contribution in [0.3, 0.4) is 0 Å². The fourth-order valence-corrected chi connectivity index (χ4v) is 2.86. The van der Waals surface area contributed by atoms with Crippen LogP contribution in [0.5, 0.6) is 11.5 Å². The average Bonchev–Trinajstić information content (AvgIpc) is 2.52. The molecule has 0 aliphatic carbocycles. The molecule has 1 aromatic rings. The molecule has 2 atom stereocenters. The number of ether oxygens (including phenoxy) is 1. The van der Waals surface area contributed by atoms with E-state index in [9.17, 15) is 5.11 Å². The molecule has 16 heavy (non-hydrogen) atoms. The second-order valence-electron chi connectivity index (χ2n) is 5.22. The summed E-state index contributed by atoms with van der Waals surface area (Å²) in [7, 11) is 2.13. The summed E-state index contributed by atoms with van der Waals surface area (Å²) in [6.45, 7) is 4.30. The highest BCUT2D eigenvalue weighted by Gasteiger charge is 2.47. The number of phenols is 1. The van der Waals surface area contributed by atoms with Crippen molar-refractivity contribution < 1.29 is 9.84 Å². The van der Waals surface area contributed by atoms with Gasteiger partial charge in [-0.3, -0.25) is 0 Å². The van der Waals surface area contributed by atoms with E-state index in [2.05, 4.69) is 18.9 Å². The van der Waals surface area contributed by atoms with E-state index in [4.69, 9.17) is 4.74 Å². The zero-order valence-electron chi connectivity index (χ0n) is 9.73. The molecule has 1 N–H and O–H groups in total. The van der Waals surface area contributed by atoms with Crippen LogP contribution in [-0.4, -0.2) is 36.2 Å². The van der Waals surface area contributed by atoms with E-state index in [0.29, 0.717) is 5.75 Å². The molecule has 1 saturated heterocycles. The van der Waals surface area contributed by atoms with Gasteiger partial charge in [0.1, 0.15) is 17.6 Å². The summed E-state index contributed by atoms with van der Waals surface area (Å²) < 4.78 is 5.99. The van der Waals surface area contributed by atoms with Crippen molar-refractivity contribution in [3.63, 3.8) is 0 Å². The SMILES string of the molecule is CN1CC[C@@]2(C)c3cc(O)ccc3O[C@H]2C1. The van der Waals surface area contributed by atoms with Crippen LogP contribution >= 0.6 is 0 Å². The molecule has 0 saturated carbocycles. The molecule has 0 bridgehead atoms. The van der Waals surface area contributed by atoms with Crippen molar-refractivity contribution in [1.82, 2.24) is 4.90 Å². The van der Waals surface area contributed by atoms with Gasteiger partial charge in [-0.2, -0.15) is 0 Å². The van der Waals surface area contributed by atoms with Crippen molar-refractivity contribution >= 4 is 0 Å². The lowest BCUT2D eigenvalue weighted by atomic mass is 9.74. The summed E-state index contributed by atoms with van der Waals surface area (Å²) in [4.78, 5) is 2.30. The molecule has 0 amide bonds. The number of likely N-dealkylation sites (N-methyl/N-ethyl adjacent to an activating group) is 1. The Morgan fingerprint density at radius 1 is 1.50 bits per heavy atom. The third-order valence-electron chi connectivity index (χ3n) is 4.05. The monoisotopic (exact) mass is 219 g/mol. The van der Waals surface area contributed by atoms with Gasteiger partial charge in [0.05, 0.1) is 0 Å². The quantitative estimate of drug-likeness (QED) is 0.721. The number of aromatic hydroxyl groups is 1. The molecule has 0 spiro atoms. The predicted octanol–water partition coefficient (Wildman–Crippen LogP) is 1.75. The van der Waals surface area contributed by atoms with Gasteiger partial charge < -0.3 is 14.7 Å². The molecule has 0 aromatic heterocycles. The molecule has 0 unspecified atom stereocenters. The lowest BCUT2D eigenvalue weighted by Gasteiger charge is -2.39. The van der Waals surface area contributed by atoms with E-state index < -0.39 is 0 Å². The Morgan fingerprint density at radius 3 is 3.12 bits per heavy atom. The second-order valence-corrected chi connectivity index (χ2v) is 5.22. The van der Waals surface area contributed by atoms with Crippen LogP contribution in [-0.2, 0) is 5.41 Å². The number of fused-ring (bicyclic) bond motifs is 3. The first-order chi connectivity index (χ1) is 7.59. The number of hydrogen-bond donors (Lipinski definition) is 1. The predicted molar refractivity (Wildman–Crippen MR) is 62.0 cm³/mol. The highest BCUT2D eigenvalue weighted by Crippen LogP contribution is 2.48. The Bertz CT molecular complexity index is 432. The summed E-state index contributed by atoms with van der Waals surface area (Å²) in [5, 5.41) is 9.59. The summed E-state index contributed by atoms with van der Waals surface area (Å²) in [6, 6.07) is 5.44. The molecule has 2 aliphatic rings. The number of hydrogen-bond acceptors (Lipinski definition) is 3. The van der Waals surface area contributed by atoms with Crippen molar-refractivity contribution in [3.05, 3.63) is 23.8 Å². The van der Waals surface area contributed by atoms with Gasteiger partial charge in [-0.1, -0.05) is 6.92 Å². The first-order valence-electron chi connectivity index (χ1n) is 5.78. The van der Waals surface area contributed by atoms with Crippen LogP contribution < -0.4 is 4.74 Å². The fraction of sp³-hybridized carbons (Fsp3) is 0.538. The van der Waals surface area contributed by atoms with Gasteiger partial charge in [0, 0.05) is 17.5 Å². The van der Waals surface area contributed by atoms with Gasteiger partial charge in [-0.05, 0) is 38.2 Å². The van der Waals surface area contributed by atoms with Gasteiger partial charge in [0.25, 0.3) is 0 Å². The van der Waals surface area contributed by atoms with E-state index in [0.717, 1.165) is 25.3 Å². The third-order valence-corrected chi connectivity index (χ3v) is 4.05. The third kappa shape index (κ3) is 1.24. The zero-order chi connectivity index (χ0) is 11.3. The standard InChI is InChI=1S/C13H17NO2/c1-13-5-6-14(2)8-12(13)16-11-4-3-9(15)7-10(11)13/h3-4,7,12,15H,5-6,8H2,1-2H3/t12-,13-/m0/s1. The Kier molecular flexibility index (Phi) is 1.96. The molecule has 1 fully saturated rings. The largest absolute Gasteiger partial charge is 0.508 e. The van der Waals surface area contributed by atoms with E-state index in [1.807, 2.05) is 12.1 Å². The number of nitrogens with zero attached hydrogens (tertiary/aromatic N) is 1. The fourth-order valence-electron chi connectivity index (χ4n) is 2.86. The Balaban J connectivity index is 2.05. The Morgan fingerprint density at radius 2 is 2.31 bits per heavy atom. The summed E-state index contributed by atoms with van der Waals surface area (Å²) in [6.07, 6.45) is 1.31. The maximum absolute atomic E-state index is 9.59. The highest BCUT2D eigenvalue weighted by atomic mass is 16.5. The van der Waals surface area contributed by atoms with E-state index >= 15 is 0 Å². The maximum atomic E-state index is 9.59. The smallest absolute Gasteiger partial charge is 0.124 e. The van der Waals surface area contributed by atoms with Gasteiger partial charge in [0.2, 0.25) is 0 Å². The minimum atomic E-state index is 0.0700. The summed E-state index contributed by atoms with van der Waals surface area (Å²) >= 11 is 0. The van der Waals surface area contributed by atoms with Gasteiger partial charge in [-0.15, -0.1) is 0 Å². The van der Waals surface area contributed by atoms with Crippen molar-refractivity contribution in [3.8, 4) is 11.5 Å². The lowest BCUT2D eigenvalue weighted by Crippen LogP contribution is -2.50. The molecule has 3 rings (SSSR count). The van der Waals surface area contributed by atoms with Crippen LogP contribution in [0.1, 0.15) is 18.9 Å². The number of phenolic OH excluding ortho intramolecular Hbond substituents is 1. The normalized spacial score (nSPS) is 33.0. The van der Waals surface area contributed by atoms with Crippen LogP contribution in [0, 0.1) is 0 Å². The van der Waals surface area contributed by atoms with Crippen molar-refractivity contribution in [1.29, 1.82) is 0 Å². The molecule has 3 heteroatoms. The van der Waals surface area contributed by atoms with Crippen LogP contribution in [0.2, 0.25) is 0 Å².